The van der Waals surface area contributed by atoms with E-state index in [9.17, 15) is 9.59 Å². The molecule has 0 aliphatic carbocycles. The van der Waals surface area contributed by atoms with Crippen molar-refractivity contribution in [3.8, 4) is 5.75 Å². The number of aromatic nitrogens is 1. The maximum Gasteiger partial charge on any atom is 0.271 e. The average Bonchev–Trinajstić information content (AvgIpc) is 3.15. The number of nitrogens with zero attached hydrogens (tertiary/aromatic N) is 2. The molecule has 0 spiro atoms. The van der Waals surface area contributed by atoms with Crippen molar-refractivity contribution in [3.05, 3.63) is 65.9 Å². The van der Waals surface area contributed by atoms with Crippen molar-refractivity contribution in [2.75, 3.05) is 13.7 Å². The van der Waals surface area contributed by atoms with Crippen molar-refractivity contribution < 1.29 is 14.3 Å². The van der Waals surface area contributed by atoms with Gasteiger partial charge in [-0.1, -0.05) is 44.2 Å². The van der Waals surface area contributed by atoms with Crippen molar-refractivity contribution in [1.82, 2.24) is 14.8 Å². The molecule has 1 aliphatic rings. The normalized spacial score (nSPS) is 18.2. The van der Waals surface area contributed by atoms with E-state index in [1.165, 1.54) is 0 Å². The zero-order valence-electron chi connectivity index (χ0n) is 19.2. The summed E-state index contributed by atoms with van der Waals surface area (Å²) in [5, 5.41) is 4.09. The van der Waals surface area contributed by atoms with Gasteiger partial charge in [-0.25, -0.2) is 0 Å². The van der Waals surface area contributed by atoms with Crippen molar-refractivity contribution in [2.24, 2.45) is 5.92 Å². The second-order valence-electron chi connectivity index (χ2n) is 9.13. The molecule has 0 bridgehead atoms. The van der Waals surface area contributed by atoms with Gasteiger partial charge in [0.25, 0.3) is 5.91 Å². The molecule has 0 saturated carbocycles. The number of amides is 2. The van der Waals surface area contributed by atoms with E-state index in [0.717, 1.165) is 28.6 Å². The van der Waals surface area contributed by atoms with Crippen LogP contribution in [0.4, 0.5) is 0 Å². The van der Waals surface area contributed by atoms with Crippen molar-refractivity contribution in [1.29, 1.82) is 0 Å². The highest BCUT2D eigenvalue weighted by Gasteiger charge is 2.47. The molecular formula is C26H31N3O3. The molecule has 1 atom stereocenters. The summed E-state index contributed by atoms with van der Waals surface area (Å²) < 4.78 is 7.25. The molecule has 0 fully saturated rings. The highest BCUT2D eigenvalue weighted by molar-refractivity contribution is 6.03. The average molecular weight is 434 g/mol. The van der Waals surface area contributed by atoms with Crippen LogP contribution in [0.3, 0.4) is 0 Å². The van der Waals surface area contributed by atoms with Gasteiger partial charge in [0.2, 0.25) is 5.91 Å². The molecule has 1 aliphatic heterocycles. The molecule has 168 valence electrons. The van der Waals surface area contributed by atoms with Crippen molar-refractivity contribution >= 4 is 22.7 Å². The SMILES string of the molecule is COc1ccc(CN2C(=O)c3cc4ccccc4n3C[C@@]2(C)C(=O)NCCC(C)C)cc1. The Hall–Kier alpha value is -3.28. The fourth-order valence-electron chi connectivity index (χ4n) is 4.33. The van der Waals surface area contributed by atoms with Crippen LogP contribution in [0.15, 0.2) is 54.6 Å². The van der Waals surface area contributed by atoms with Crippen LogP contribution >= 0.6 is 0 Å². The molecule has 3 aromatic rings. The highest BCUT2D eigenvalue weighted by atomic mass is 16.5. The zero-order chi connectivity index (χ0) is 22.9. The number of methoxy groups -OCH3 is 1. The van der Waals surface area contributed by atoms with Crippen LogP contribution in [0.25, 0.3) is 10.9 Å². The van der Waals surface area contributed by atoms with E-state index >= 15 is 0 Å². The van der Waals surface area contributed by atoms with Gasteiger partial charge in [-0.3, -0.25) is 9.59 Å². The third-order valence-corrected chi connectivity index (χ3v) is 6.33. The zero-order valence-corrected chi connectivity index (χ0v) is 19.2. The Morgan fingerprint density at radius 3 is 2.56 bits per heavy atom. The van der Waals surface area contributed by atoms with E-state index in [4.69, 9.17) is 4.74 Å². The summed E-state index contributed by atoms with van der Waals surface area (Å²) in [5.41, 5.74) is 1.53. The van der Waals surface area contributed by atoms with Gasteiger partial charge in [0.05, 0.1) is 13.7 Å². The summed E-state index contributed by atoms with van der Waals surface area (Å²) in [7, 11) is 1.63. The van der Waals surface area contributed by atoms with Crippen LogP contribution in [-0.4, -0.2) is 40.5 Å². The van der Waals surface area contributed by atoms with Crippen LogP contribution < -0.4 is 10.1 Å². The number of hydrogen-bond donors (Lipinski definition) is 1. The second-order valence-corrected chi connectivity index (χ2v) is 9.13. The van der Waals surface area contributed by atoms with Crippen LogP contribution in [0.1, 0.15) is 43.2 Å². The number of rotatable bonds is 7. The number of carbonyl (C=O) groups excluding carboxylic acids is 2. The third-order valence-electron chi connectivity index (χ3n) is 6.33. The minimum atomic E-state index is -1.01. The predicted octanol–water partition coefficient (Wildman–Crippen LogP) is 4.23. The Balaban J connectivity index is 1.72. The predicted molar refractivity (Wildman–Crippen MR) is 126 cm³/mol. The molecule has 2 aromatic carbocycles. The molecule has 32 heavy (non-hydrogen) atoms. The molecule has 6 heteroatoms. The lowest BCUT2D eigenvalue weighted by atomic mass is 9.93. The first-order valence-corrected chi connectivity index (χ1v) is 11.1. The van der Waals surface area contributed by atoms with Crippen LogP contribution in [0, 0.1) is 5.92 Å². The van der Waals surface area contributed by atoms with Gasteiger partial charge in [0.1, 0.15) is 17.0 Å². The molecule has 6 nitrogen and oxygen atoms in total. The summed E-state index contributed by atoms with van der Waals surface area (Å²) in [6.45, 7) is 7.48. The Bertz CT molecular complexity index is 1130. The summed E-state index contributed by atoms with van der Waals surface area (Å²) in [6.07, 6.45) is 0.895. The Morgan fingerprint density at radius 1 is 1.16 bits per heavy atom. The fraction of sp³-hybridized carbons (Fsp3) is 0.385. The van der Waals surface area contributed by atoms with Gasteiger partial charge in [-0.2, -0.15) is 0 Å². The first-order chi connectivity index (χ1) is 15.3. The lowest BCUT2D eigenvalue weighted by molar-refractivity contribution is -0.133. The second kappa shape index (κ2) is 8.69. The number of fused-ring (bicyclic) bond motifs is 3. The van der Waals surface area contributed by atoms with Crippen molar-refractivity contribution in [3.63, 3.8) is 0 Å². The first kappa shape index (κ1) is 21.9. The minimum absolute atomic E-state index is 0.122. The lowest BCUT2D eigenvalue weighted by Gasteiger charge is -2.44. The largest absolute Gasteiger partial charge is 0.497 e. The number of para-hydroxylation sites is 1. The Morgan fingerprint density at radius 2 is 1.88 bits per heavy atom. The molecule has 4 rings (SSSR count). The Labute approximate surface area is 189 Å². The van der Waals surface area contributed by atoms with Gasteiger partial charge in [-0.15, -0.1) is 0 Å². The summed E-state index contributed by atoms with van der Waals surface area (Å²) >= 11 is 0. The van der Waals surface area contributed by atoms with Gasteiger partial charge in [0, 0.05) is 24.0 Å². The fourth-order valence-corrected chi connectivity index (χ4v) is 4.33. The lowest BCUT2D eigenvalue weighted by Crippen LogP contribution is -2.63. The van der Waals surface area contributed by atoms with Crippen LogP contribution in [0.2, 0.25) is 0 Å². The van der Waals surface area contributed by atoms with E-state index in [0.29, 0.717) is 31.2 Å². The molecular weight excluding hydrogens is 402 g/mol. The van der Waals surface area contributed by atoms with E-state index in [1.807, 2.05) is 66.1 Å². The van der Waals surface area contributed by atoms with Gasteiger partial charge >= 0.3 is 0 Å². The van der Waals surface area contributed by atoms with E-state index in [-0.39, 0.29) is 11.8 Å². The maximum atomic E-state index is 13.7. The molecule has 1 aromatic heterocycles. The first-order valence-electron chi connectivity index (χ1n) is 11.1. The molecule has 0 saturated heterocycles. The van der Waals surface area contributed by atoms with E-state index in [2.05, 4.69) is 19.2 Å². The van der Waals surface area contributed by atoms with Gasteiger partial charge in [0.15, 0.2) is 0 Å². The standard InChI is InChI=1S/C26H31N3O3/c1-18(2)13-14-27-25(31)26(3)17-28-22-8-6-5-7-20(22)15-23(28)24(30)29(26)16-19-9-11-21(32-4)12-10-19/h5-12,15,18H,13-14,16-17H2,1-4H3,(H,27,31)/t26-/m0/s1. The quantitative estimate of drug-likeness (QED) is 0.607. The maximum absolute atomic E-state index is 13.7. The highest BCUT2D eigenvalue weighted by Crippen LogP contribution is 2.33. The third kappa shape index (κ3) is 3.97. The summed E-state index contributed by atoms with van der Waals surface area (Å²) in [4.78, 5) is 28.9. The number of carbonyl (C=O) groups is 2. The van der Waals surface area contributed by atoms with E-state index < -0.39 is 5.54 Å². The molecule has 2 heterocycles. The monoisotopic (exact) mass is 433 g/mol. The number of ether oxygens (including phenoxy) is 1. The van der Waals surface area contributed by atoms with Gasteiger partial charge < -0.3 is 19.5 Å². The number of benzene rings is 2. The van der Waals surface area contributed by atoms with Gasteiger partial charge in [-0.05, 0) is 49.1 Å². The summed E-state index contributed by atoms with van der Waals surface area (Å²) in [5.74, 6) is 0.993. The Kier molecular flexibility index (Phi) is 5.96. The minimum Gasteiger partial charge on any atom is -0.497 e. The number of hydrogen-bond acceptors (Lipinski definition) is 3. The molecule has 2 amide bonds. The smallest absolute Gasteiger partial charge is 0.271 e. The molecule has 1 N–H and O–H groups in total. The number of nitrogens with one attached hydrogen (secondary N) is 1. The topological polar surface area (TPSA) is 63.6 Å². The molecule has 0 unspecified atom stereocenters. The van der Waals surface area contributed by atoms with Crippen LogP contribution in [0.5, 0.6) is 5.75 Å². The molecule has 0 radical (unpaired) electrons. The van der Waals surface area contributed by atoms with Crippen molar-refractivity contribution in [2.45, 2.75) is 45.8 Å². The summed E-state index contributed by atoms with van der Waals surface area (Å²) in [6, 6.07) is 17.5. The van der Waals surface area contributed by atoms with E-state index in [1.54, 1.807) is 12.0 Å². The van der Waals surface area contributed by atoms with Crippen LogP contribution in [-0.2, 0) is 17.9 Å².